The van der Waals surface area contributed by atoms with Crippen molar-refractivity contribution in [3.05, 3.63) is 47.5 Å². The van der Waals surface area contributed by atoms with E-state index < -0.39 is 0 Å². The van der Waals surface area contributed by atoms with Crippen LogP contribution in [0.5, 0.6) is 11.5 Å². The second-order valence-electron chi connectivity index (χ2n) is 4.51. The van der Waals surface area contributed by atoms with Crippen LogP contribution in [0.4, 0.5) is 0 Å². The third kappa shape index (κ3) is 1.40. The average molecular weight is 252 g/mol. The van der Waals surface area contributed by atoms with Gasteiger partial charge in [-0.05, 0) is 47.2 Å². The highest BCUT2D eigenvalue weighted by Gasteiger charge is 2.21. The molecule has 92 valence electrons. The number of carbonyl (C=O) groups excluding carboxylic acids is 2. The van der Waals surface area contributed by atoms with Gasteiger partial charge in [0, 0.05) is 11.1 Å². The first-order valence-corrected chi connectivity index (χ1v) is 5.86. The van der Waals surface area contributed by atoms with Gasteiger partial charge in [-0.1, -0.05) is 0 Å². The van der Waals surface area contributed by atoms with Crippen LogP contribution in [0.2, 0.25) is 0 Å². The summed E-state index contributed by atoms with van der Waals surface area (Å²) in [6.45, 7) is 0.199. The van der Waals surface area contributed by atoms with E-state index in [9.17, 15) is 9.59 Å². The third-order valence-corrected chi connectivity index (χ3v) is 3.39. The van der Waals surface area contributed by atoms with Gasteiger partial charge in [-0.15, -0.1) is 0 Å². The molecule has 4 nitrogen and oxygen atoms in total. The highest BCUT2D eigenvalue weighted by molar-refractivity contribution is 6.23. The van der Waals surface area contributed by atoms with Gasteiger partial charge in [0.25, 0.3) is 0 Å². The summed E-state index contributed by atoms with van der Waals surface area (Å²) in [6.07, 6.45) is 2.62. The van der Waals surface area contributed by atoms with E-state index in [0.29, 0.717) is 22.6 Å². The molecule has 0 aromatic heterocycles. The zero-order valence-corrected chi connectivity index (χ0v) is 9.80. The van der Waals surface area contributed by atoms with Crippen molar-refractivity contribution < 1.29 is 19.1 Å². The highest BCUT2D eigenvalue weighted by atomic mass is 16.7. The number of hydrogen-bond acceptors (Lipinski definition) is 4. The number of allylic oxidation sites excluding steroid dienone is 2. The lowest BCUT2D eigenvalue weighted by Crippen LogP contribution is -2.11. The largest absolute Gasteiger partial charge is 0.454 e. The number of carbonyl (C=O) groups is 2. The number of fused-ring (bicyclic) bond motifs is 3. The Kier molecular flexibility index (Phi) is 1.87. The van der Waals surface area contributed by atoms with Crippen LogP contribution in [0.1, 0.15) is 20.7 Å². The first-order valence-electron chi connectivity index (χ1n) is 5.86. The van der Waals surface area contributed by atoms with Gasteiger partial charge >= 0.3 is 0 Å². The molecule has 19 heavy (non-hydrogen) atoms. The van der Waals surface area contributed by atoms with Gasteiger partial charge < -0.3 is 9.47 Å². The van der Waals surface area contributed by atoms with Gasteiger partial charge in [0.2, 0.25) is 6.79 Å². The monoisotopic (exact) mass is 252 g/mol. The maximum absolute atomic E-state index is 11.8. The summed E-state index contributed by atoms with van der Waals surface area (Å²) in [5.74, 6) is 1.04. The minimum Gasteiger partial charge on any atom is -0.454 e. The SMILES string of the molecule is O=C1C=CC(=O)c2cc3cc4c(cc3cc21)OCO4. The Balaban J connectivity index is 2.04. The van der Waals surface area contributed by atoms with Crippen LogP contribution in [-0.2, 0) is 0 Å². The molecule has 0 saturated heterocycles. The summed E-state index contributed by atoms with van der Waals surface area (Å²) >= 11 is 0. The van der Waals surface area contributed by atoms with Gasteiger partial charge in [0.15, 0.2) is 23.1 Å². The molecule has 0 N–H and O–H groups in total. The van der Waals surface area contributed by atoms with Crippen LogP contribution in [-0.4, -0.2) is 18.4 Å². The second kappa shape index (κ2) is 3.45. The maximum atomic E-state index is 11.8. The number of ketones is 2. The molecule has 4 rings (SSSR count). The van der Waals surface area contributed by atoms with Crippen LogP contribution in [0.15, 0.2) is 36.4 Å². The van der Waals surface area contributed by atoms with Crippen molar-refractivity contribution >= 4 is 22.3 Å². The Morgan fingerprint density at radius 1 is 0.737 bits per heavy atom. The standard InChI is InChI=1S/C15H8O4/c16-12-1-2-13(17)11-4-9-6-15-14(18-7-19-15)5-8(9)3-10(11)12/h1-6H,7H2. The van der Waals surface area contributed by atoms with E-state index in [4.69, 9.17) is 9.47 Å². The fourth-order valence-electron chi connectivity index (χ4n) is 2.43. The Bertz CT molecular complexity index is 722. The molecule has 1 heterocycles. The summed E-state index contributed by atoms with van der Waals surface area (Å²) in [6, 6.07) is 7.12. The Hall–Kier alpha value is -2.62. The molecule has 1 aliphatic heterocycles. The van der Waals surface area contributed by atoms with Crippen molar-refractivity contribution in [2.75, 3.05) is 6.79 Å². The zero-order chi connectivity index (χ0) is 13.0. The Morgan fingerprint density at radius 2 is 1.21 bits per heavy atom. The Labute approximate surface area is 108 Å². The second-order valence-corrected chi connectivity index (χ2v) is 4.51. The zero-order valence-electron chi connectivity index (χ0n) is 9.80. The van der Waals surface area contributed by atoms with Crippen molar-refractivity contribution in [1.29, 1.82) is 0 Å². The number of ether oxygens (including phenoxy) is 2. The van der Waals surface area contributed by atoms with Gasteiger partial charge in [0.1, 0.15) is 0 Å². The molecule has 2 aliphatic rings. The summed E-state index contributed by atoms with van der Waals surface area (Å²) < 4.78 is 10.6. The molecule has 0 atom stereocenters. The van der Waals surface area contributed by atoms with Crippen molar-refractivity contribution in [1.82, 2.24) is 0 Å². The van der Waals surface area contributed by atoms with Gasteiger partial charge in [-0.25, -0.2) is 0 Å². The van der Waals surface area contributed by atoms with E-state index in [-0.39, 0.29) is 18.4 Å². The lowest BCUT2D eigenvalue weighted by Gasteiger charge is -2.11. The minimum atomic E-state index is -0.144. The van der Waals surface area contributed by atoms with Crippen LogP contribution in [0, 0.1) is 0 Å². The molecule has 0 unspecified atom stereocenters. The number of hydrogen-bond donors (Lipinski definition) is 0. The molecule has 0 fully saturated rings. The maximum Gasteiger partial charge on any atom is 0.231 e. The van der Waals surface area contributed by atoms with Crippen LogP contribution < -0.4 is 9.47 Å². The van der Waals surface area contributed by atoms with Crippen molar-refractivity contribution in [2.24, 2.45) is 0 Å². The van der Waals surface area contributed by atoms with E-state index in [1.165, 1.54) is 12.2 Å². The van der Waals surface area contributed by atoms with E-state index in [2.05, 4.69) is 0 Å². The molecule has 2 aromatic carbocycles. The van der Waals surface area contributed by atoms with Crippen molar-refractivity contribution in [3.8, 4) is 11.5 Å². The summed E-state index contributed by atoms with van der Waals surface area (Å²) in [7, 11) is 0. The molecular formula is C15H8O4. The van der Waals surface area contributed by atoms with Gasteiger partial charge in [-0.2, -0.15) is 0 Å². The van der Waals surface area contributed by atoms with E-state index in [1.54, 1.807) is 12.1 Å². The summed E-state index contributed by atoms with van der Waals surface area (Å²) in [5, 5.41) is 1.72. The van der Waals surface area contributed by atoms with Gasteiger partial charge in [-0.3, -0.25) is 9.59 Å². The Morgan fingerprint density at radius 3 is 1.68 bits per heavy atom. The highest BCUT2D eigenvalue weighted by Crippen LogP contribution is 2.37. The summed E-state index contributed by atoms with van der Waals surface area (Å²) in [5.41, 5.74) is 0.887. The molecule has 0 bridgehead atoms. The van der Waals surface area contributed by atoms with Crippen molar-refractivity contribution in [2.45, 2.75) is 0 Å². The van der Waals surface area contributed by atoms with Crippen LogP contribution in [0.3, 0.4) is 0 Å². The smallest absolute Gasteiger partial charge is 0.231 e. The van der Waals surface area contributed by atoms with E-state index >= 15 is 0 Å². The first-order chi connectivity index (χ1) is 9.22. The molecule has 1 aliphatic carbocycles. The topological polar surface area (TPSA) is 52.6 Å². The first kappa shape index (κ1) is 10.3. The number of rotatable bonds is 0. The third-order valence-electron chi connectivity index (χ3n) is 3.39. The van der Waals surface area contributed by atoms with E-state index in [0.717, 1.165) is 10.8 Å². The van der Waals surface area contributed by atoms with Crippen LogP contribution in [0.25, 0.3) is 10.8 Å². The predicted molar refractivity (Wildman–Crippen MR) is 67.9 cm³/mol. The molecule has 4 heteroatoms. The average Bonchev–Trinajstić information content (AvgIpc) is 2.86. The van der Waals surface area contributed by atoms with Crippen LogP contribution >= 0.6 is 0 Å². The lowest BCUT2D eigenvalue weighted by atomic mass is 9.91. The molecule has 0 spiro atoms. The van der Waals surface area contributed by atoms with Crippen molar-refractivity contribution in [3.63, 3.8) is 0 Å². The molecular weight excluding hydrogens is 244 g/mol. The predicted octanol–water partition coefficient (Wildman–Crippen LogP) is 2.50. The quantitative estimate of drug-likeness (QED) is 0.722. The molecule has 0 amide bonds. The van der Waals surface area contributed by atoms with Gasteiger partial charge in [0.05, 0.1) is 0 Å². The number of benzene rings is 2. The fourth-order valence-corrected chi connectivity index (χ4v) is 2.43. The normalized spacial score (nSPS) is 16.0. The molecule has 0 saturated carbocycles. The fraction of sp³-hybridized carbons (Fsp3) is 0.0667. The minimum absolute atomic E-state index is 0.144. The molecule has 0 radical (unpaired) electrons. The summed E-state index contributed by atoms with van der Waals surface area (Å²) in [4.78, 5) is 23.6. The molecule has 2 aromatic rings. The van der Waals surface area contributed by atoms with E-state index in [1.807, 2.05) is 12.1 Å². The lowest BCUT2D eigenvalue weighted by molar-refractivity contribution is 0.0994.